The first-order chi connectivity index (χ1) is 14.9. The molecule has 0 saturated carbocycles. The lowest BCUT2D eigenvalue weighted by atomic mass is 9.91. The van der Waals surface area contributed by atoms with E-state index >= 15 is 0 Å². The highest BCUT2D eigenvalue weighted by molar-refractivity contribution is 6.30. The molecule has 0 spiro atoms. The quantitative estimate of drug-likeness (QED) is 0.648. The van der Waals surface area contributed by atoms with Gasteiger partial charge in [-0.3, -0.25) is 9.59 Å². The van der Waals surface area contributed by atoms with E-state index < -0.39 is 18.0 Å². The highest BCUT2D eigenvalue weighted by Gasteiger charge is 2.32. The molecule has 1 amide bonds. The van der Waals surface area contributed by atoms with Gasteiger partial charge in [-0.2, -0.15) is 0 Å². The number of nitrogens with one attached hydrogen (secondary N) is 1. The zero-order valence-corrected chi connectivity index (χ0v) is 17.9. The fourth-order valence-electron chi connectivity index (χ4n) is 3.93. The number of ether oxygens (including phenoxy) is 1. The van der Waals surface area contributed by atoms with E-state index in [0.717, 1.165) is 16.7 Å². The van der Waals surface area contributed by atoms with Crippen molar-refractivity contribution >= 4 is 17.5 Å². The summed E-state index contributed by atoms with van der Waals surface area (Å²) in [6.07, 6.45) is 0.420. The zero-order chi connectivity index (χ0) is 22.1. The molecule has 0 bridgehead atoms. The third-order valence-electron chi connectivity index (χ3n) is 5.41. The number of hydrogen-bond donors (Lipinski definition) is 1. The Morgan fingerprint density at radius 3 is 2.58 bits per heavy atom. The van der Waals surface area contributed by atoms with Crippen LogP contribution < -0.4 is 10.9 Å². The molecule has 1 aliphatic rings. The van der Waals surface area contributed by atoms with Crippen molar-refractivity contribution < 1.29 is 13.9 Å². The van der Waals surface area contributed by atoms with E-state index in [2.05, 4.69) is 5.32 Å². The van der Waals surface area contributed by atoms with Gasteiger partial charge in [0.25, 0.3) is 5.56 Å². The second-order valence-electron chi connectivity index (χ2n) is 7.54. The number of amides is 1. The summed E-state index contributed by atoms with van der Waals surface area (Å²) in [5, 5.41) is 3.35. The first-order valence-electron chi connectivity index (χ1n) is 10.1. The molecule has 2 aromatic carbocycles. The third kappa shape index (κ3) is 4.27. The van der Waals surface area contributed by atoms with E-state index in [1.54, 1.807) is 31.4 Å². The summed E-state index contributed by atoms with van der Waals surface area (Å²) < 4.78 is 22.2. The fourth-order valence-corrected chi connectivity index (χ4v) is 4.06. The van der Waals surface area contributed by atoms with Gasteiger partial charge in [0.15, 0.2) is 0 Å². The van der Waals surface area contributed by atoms with E-state index in [1.807, 2.05) is 19.1 Å². The summed E-state index contributed by atoms with van der Waals surface area (Å²) in [5.74, 6) is -0.582. The Morgan fingerprint density at radius 2 is 1.87 bits per heavy atom. The van der Waals surface area contributed by atoms with E-state index in [0.29, 0.717) is 22.7 Å². The minimum absolute atomic E-state index is 0.0363. The Labute approximate surface area is 184 Å². The van der Waals surface area contributed by atoms with Crippen LogP contribution >= 0.6 is 11.6 Å². The molecule has 2 atom stereocenters. The summed E-state index contributed by atoms with van der Waals surface area (Å²) in [7, 11) is 1.66. The molecule has 31 heavy (non-hydrogen) atoms. The van der Waals surface area contributed by atoms with Crippen LogP contribution in [0.5, 0.6) is 0 Å². The minimum atomic E-state index is -0.688. The fraction of sp³-hybridized carbons (Fsp3) is 0.250. The number of hydrogen-bond acceptors (Lipinski definition) is 3. The van der Waals surface area contributed by atoms with Crippen molar-refractivity contribution in [2.45, 2.75) is 25.6 Å². The van der Waals surface area contributed by atoms with Gasteiger partial charge in [0.2, 0.25) is 5.91 Å². The lowest BCUT2D eigenvalue weighted by Crippen LogP contribution is -2.26. The highest BCUT2D eigenvalue weighted by Crippen LogP contribution is 2.45. The Bertz CT molecular complexity index is 1190. The lowest BCUT2D eigenvalue weighted by Gasteiger charge is -2.24. The number of fused-ring (bicyclic) bond motifs is 3. The van der Waals surface area contributed by atoms with Crippen LogP contribution in [0.2, 0.25) is 5.02 Å². The molecule has 1 N–H and O–H groups in total. The van der Waals surface area contributed by atoms with Gasteiger partial charge in [0.05, 0.1) is 12.5 Å². The van der Waals surface area contributed by atoms with Crippen molar-refractivity contribution in [3.63, 3.8) is 0 Å². The summed E-state index contributed by atoms with van der Waals surface area (Å²) in [4.78, 5) is 24.9. The molecule has 160 valence electrons. The molecule has 0 unspecified atom stereocenters. The minimum Gasteiger partial charge on any atom is -0.360 e. The number of aryl methyl sites for hydroxylation is 1. The van der Waals surface area contributed by atoms with Crippen LogP contribution in [-0.2, 0) is 16.6 Å². The smallest absolute Gasteiger partial charge is 0.250 e. The molecule has 1 aromatic heterocycles. The average molecular weight is 441 g/mol. The summed E-state index contributed by atoms with van der Waals surface area (Å²) in [6, 6.07) is 13.1. The van der Waals surface area contributed by atoms with Crippen molar-refractivity contribution in [2.75, 3.05) is 6.54 Å². The van der Waals surface area contributed by atoms with Gasteiger partial charge in [-0.05, 0) is 53.4 Å². The van der Waals surface area contributed by atoms with Crippen LogP contribution in [0, 0.1) is 5.82 Å². The number of halogens is 2. The standard InChI is InChI=1S/C24H22ClFN2O3/c1-3-27-22(29)12-21-18-11-23(30)28(2)13-20(18)17-9-8-16(26)10-19(17)24(31-21)14-4-6-15(25)7-5-14/h4-11,13,21,24H,3,12H2,1-2H3,(H,27,29)/t21-,24+/m0/s1. The Balaban J connectivity index is 1.94. The van der Waals surface area contributed by atoms with E-state index in [9.17, 15) is 14.0 Å². The largest absolute Gasteiger partial charge is 0.360 e. The van der Waals surface area contributed by atoms with Gasteiger partial charge < -0.3 is 14.6 Å². The van der Waals surface area contributed by atoms with Crippen LogP contribution in [0.4, 0.5) is 4.39 Å². The molecule has 7 heteroatoms. The van der Waals surface area contributed by atoms with E-state index in [-0.39, 0.29) is 17.9 Å². The maximum Gasteiger partial charge on any atom is 0.250 e. The predicted molar refractivity (Wildman–Crippen MR) is 117 cm³/mol. The second-order valence-corrected chi connectivity index (χ2v) is 7.97. The van der Waals surface area contributed by atoms with Gasteiger partial charge in [0.1, 0.15) is 11.9 Å². The summed E-state index contributed by atoms with van der Waals surface area (Å²) >= 11 is 6.06. The Morgan fingerprint density at radius 1 is 1.13 bits per heavy atom. The monoisotopic (exact) mass is 440 g/mol. The summed E-state index contributed by atoms with van der Waals surface area (Å²) in [5.41, 5.74) is 3.29. The number of pyridine rings is 1. The van der Waals surface area contributed by atoms with Crippen molar-refractivity contribution in [3.8, 4) is 11.1 Å². The van der Waals surface area contributed by atoms with Gasteiger partial charge >= 0.3 is 0 Å². The molecular weight excluding hydrogens is 419 g/mol. The maximum atomic E-state index is 14.3. The average Bonchev–Trinajstić information content (AvgIpc) is 2.85. The van der Waals surface area contributed by atoms with E-state index in [1.165, 1.54) is 22.8 Å². The number of carbonyl (C=O) groups is 1. The molecule has 5 nitrogen and oxygen atoms in total. The van der Waals surface area contributed by atoms with Crippen LogP contribution in [0.15, 0.2) is 59.5 Å². The van der Waals surface area contributed by atoms with Crippen LogP contribution in [0.1, 0.15) is 42.2 Å². The molecule has 0 saturated heterocycles. The topological polar surface area (TPSA) is 60.3 Å². The van der Waals surface area contributed by atoms with Crippen molar-refractivity contribution in [3.05, 3.63) is 92.6 Å². The van der Waals surface area contributed by atoms with Crippen molar-refractivity contribution in [1.82, 2.24) is 9.88 Å². The molecule has 0 aliphatic carbocycles. The number of benzene rings is 2. The highest BCUT2D eigenvalue weighted by atomic mass is 35.5. The predicted octanol–water partition coefficient (Wildman–Crippen LogP) is 4.53. The molecule has 2 heterocycles. The maximum absolute atomic E-state index is 14.3. The summed E-state index contributed by atoms with van der Waals surface area (Å²) in [6.45, 7) is 2.33. The normalized spacial score (nSPS) is 17.4. The van der Waals surface area contributed by atoms with Gasteiger partial charge in [-0.25, -0.2) is 4.39 Å². The molecular formula is C24H22ClFN2O3. The molecule has 0 radical (unpaired) electrons. The number of aromatic nitrogens is 1. The Hall–Kier alpha value is -2.96. The van der Waals surface area contributed by atoms with Crippen molar-refractivity contribution in [1.29, 1.82) is 0 Å². The van der Waals surface area contributed by atoms with Crippen LogP contribution in [0.3, 0.4) is 0 Å². The SMILES string of the molecule is CCNC(=O)C[C@@H]1O[C@H](c2ccc(Cl)cc2)c2cc(F)ccc2-c2cn(C)c(=O)cc21. The van der Waals surface area contributed by atoms with Gasteiger partial charge in [-0.15, -0.1) is 0 Å². The molecule has 0 fully saturated rings. The van der Waals surface area contributed by atoms with Crippen molar-refractivity contribution in [2.24, 2.45) is 7.05 Å². The molecule has 3 aromatic rings. The first kappa shape index (κ1) is 21.3. The zero-order valence-electron chi connectivity index (χ0n) is 17.2. The second kappa shape index (κ2) is 8.65. The Kier molecular flexibility index (Phi) is 5.94. The molecule has 1 aliphatic heterocycles. The molecule has 4 rings (SSSR count). The van der Waals surface area contributed by atoms with Gasteiger partial charge in [0, 0.05) is 36.4 Å². The van der Waals surface area contributed by atoms with Crippen LogP contribution in [0.25, 0.3) is 11.1 Å². The lowest BCUT2D eigenvalue weighted by molar-refractivity contribution is -0.124. The van der Waals surface area contributed by atoms with E-state index in [4.69, 9.17) is 16.3 Å². The first-order valence-corrected chi connectivity index (χ1v) is 10.4. The number of nitrogens with zero attached hydrogens (tertiary/aromatic N) is 1. The third-order valence-corrected chi connectivity index (χ3v) is 5.66. The van der Waals surface area contributed by atoms with Crippen LogP contribution in [-0.4, -0.2) is 17.0 Å². The van der Waals surface area contributed by atoms with Gasteiger partial charge in [-0.1, -0.05) is 29.8 Å². The number of rotatable bonds is 4. The number of carbonyl (C=O) groups excluding carboxylic acids is 1.